The van der Waals surface area contributed by atoms with Gasteiger partial charge in [0.15, 0.2) is 10.8 Å². The Kier molecular flexibility index (Phi) is 3.37. The van der Waals surface area contributed by atoms with Gasteiger partial charge >= 0.3 is 0 Å². The van der Waals surface area contributed by atoms with Crippen LogP contribution in [0.1, 0.15) is 18.0 Å². The Morgan fingerprint density at radius 1 is 1.50 bits per heavy atom. The molecule has 0 radical (unpaired) electrons. The van der Waals surface area contributed by atoms with Crippen molar-refractivity contribution in [1.29, 1.82) is 0 Å². The number of aromatic nitrogens is 3. The maximum atomic E-state index is 12.2. The first-order valence-corrected chi connectivity index (χ1v) is 7.46. The maximum absolute atomic E-state index is 12.2. The highest BCUT2D eigenvalue weighted by atomic mass is 32.2. The summed E-state index contributed by atoms with van der Waals surface area (Å²) in [5, 5.41) is 2.45. The molecule has 0 saturated carbocycles. The van der Waals surface area contributed by atoms with Crippen molar-refractivity contribution in [3.8, 4) is 0 Å². The summed E-state index contributed by atoms with van der Waals surface area (Å²) >= 11 is 1.39. The van der Waals surface area contributed by atoms with Gasteiger partial charge in [0.05, 0.1) is 12.4 Å². The third kappa shape index (κ3) is 2.37. The fraction of sp³-hybridized carbons (Fsp3) is 0.333. The first-order valence-electron chi connectivity index (χ1n) is 5.10. The van der Waals surface area contributed by atoms with Crippen LogP contribution in [0.2, 0.25) is 0 Å². The minimum Gasteiger partial charge on any atom is -0.381 e. The number of hydrogen-bond donors (Lipinski definition) is 2. The van der Waals surface area contributed by atoms with Crippen molar-refractivity contribution in [2.75, 3.05) is 5.73 Å². The van der Waals surface area contributed by atoms with Crippen molar-refractivity contribution in [1.82, 2.24) is 19.3 Å². The highest BCUT2D eigenvalue weighted by molar-refractivity contribution is 7.89. The zero-order chi connectivity index (χ0) is 13.3. The van der Waals surface area contributed by atoms with Gasteiger partial charge in [-0.15, -0.1) is 11.3 Å². The van der Waals surface area contributed by atoms with Crippen molar-refractivity contribution in [3.63, 3.8) is 0 Å². The molecule has 7 nitrogen and oxygen atoms in total. The molecule has 1 unspecified atom stereocenters. The number of rotatable bonds is 4. The lowest BCUT2D eigenvalue weighted by atomic mass is 10.4. The Hall–Kier alpha value is -1.45. The van der Waals surface area contributed by atoms with Crippen LogP contribution in [0.3, 0.4) is 0 Å². The van der Waals surface area contributed by atoms with E-state index in [1.165, 1.54) is 22.2 Å². The number of nitrogens with one attached hydrogen (secondary N) is 1. The van der Waals surface area contributed by atoms with Crippen molar-refractivity contribution >= 4 is 27.2 Å². The van der Waals surface area contributed by atoms with E-state index >= 15 is 0 Å². The molecule has 0 aromatic carbocycles. The molecule has 0 bridgehead atoms. The SMILES string of the molecule is CC(NS(=O)(=O)c1c(N)ncn1C)c1nccs1. The van der Waals surface area contributed by atoms with E-state index in [4.69, 9.17) is 5.73 Å². The summed E-state index contributed by atoms with van der Waals surface area (Å²) < 4.78 is 28.2. The molecule has 0 aliphatic heterocycles. The molecular formula is C9H13N5O2S2. The Labute approximate surface area is 109 Å². The number of nitrogens with zero attached hydrogens (tertiary/aromatic N) is 3. The second kappa shape index (κ2) is 4.67. The van der Waals surface area contributed by atoms with E-state index in [1.807, 2.05) is 0 Å². The van der Waals surface area contributed by atoms with Crippen LogP contribution in [0.5, 0.6) is 0 Å². The van der Waals surface area contributed by atoms with Crippen LogP contribution in [0, 0.1) is 0 Å². The minimum absolute atomic E-state index is 0.0173. The summed E-state index contributed by atoms with van der Waals surface area (Å²) in [6.45, 7) is 1.73. The number of sulfonamides is 1. The molecule has 2 heterocycles. The fourth-order valence-electron chi connectivity index (χ4n) is 1.55. The zero-order valence-electron chi connectivity index (χ0n) is 9.86. The van der Waals surface area contributed by atoms with Gasteiger partial charge in [0.25, 0.3) is 10.0 Å². The van der Waals surface area contributed by atoms with Gasteiger partial charge < -0.3 is 10.3 Å². The summed E-state index contributed by atoms with van der Waals surface area (Å²) in [5.74, 6) is -0.0173. The lowest BCUT2D eigenvalue weighted by Crippen LogP contribution is -2.28. The van der Waals surface area contributed by atoms with Gasteiger partial charge in [0.2, 0.25) is 0 Å². The van der Waals surface area contributed by atoms with E-state index in [0.717, 1.165) is 0 Å². The van der Waals surface area contributed by atoms with Gasteiger partial charge in [-0.3, -0.25) is 0 Å². The predicted molar refractivity (Wildman–Crippen MR) is 68.5 cm³/mol. The molecule has 9 heteroatoms. The van der Waals surface area contributed by atoms with Gasteiger partial charge in [-0.25, -0.2) is 23.1 Å². The molecule has 2 rings (SSSR count). The summed E-state index contributed by atoms with van der Waals surface area (Å²) in [7, 11) is -2.14. The smallest absolute Gasteiger partial charge is 0.260 e. The maximum Gasteiger partial charge on any atom is 0.260 e. The predicted octanol–water partition coefficient (Wildman–Crippen LogP) is 0.498. The molecule has 0 aliphatic rings. The molecule has 3 N–H and O–H groups in total. The van der Waals surface area contributed by atoms with Crippen LogP contribution in [0.4, 0.5) is 5.82 Å². The third-order valence-corrected chi connectivity index (χ3v) is 4.95. The van der Waals surface area contributed by atoms with E-state index in [0.29, 0.717) is 5.01 Å². The van der Waals surface area contributed by atoms with Crippen LogP contribution in [-0.4, -0.2) is 23.0 Å². The molecule has 0 fully saturated rings. The van der Waals surface area contributed by atoms with Crippen LogP contribution in [-0.2, 0) is 17.1 Å². The highest BCUT2D eigenvalue weighted by Gasteiger charge is 2.25. The summed E-state index contributed by atoms with van der Waals surface area (Å²) in [6, 6.07) is -0.413. The number of hydrogen-bond acceptors (Lipinski definition) is 6. The van der Waals surface area contributed by atoms with E-state index < -0.39 is 16.1 Å². The average Bonchev–Trinajstić information content (AvgIpc) is 2.87. The highest BCUT2D eigenvalue weighted by Crippen LogP contribution is 2.20. The van der Waals surface area contributed by atoms with E-state index in [-0.39, 0.29) is 10.8 Å². The molecule has 0 amide bonds. The third-order valence-electron chi connectivity index (χ3n) is 2.32. The number of nitrogen functional groups attached to an aromatic ring is 1. The second-order valence-electron chi connectivity index (χ2n) is 3.76. The molecule has 0 aliphatic carbocycles. The van der Waals surface area contributed by atoms with Gasteiger partial charge in [-0.2, -0.15) is 0 Å². The lowest BCUT2D eigenvalue weighted by Gasteiger charge is -2.12. The first-order chi connectivity index (χ1) is 8.42. The first kappa shape index (κ1) is 13.0. The molecular weight excluding hydrogens is 274 g/mol. The summed E-state index contributed by atoms with van der Waals surface area (Å²) in [4.78, 5) is 7.83. The molecule has 0 spiro atoms. The molecule has 2 aromatic heterocycles. The number of nitrogens with two attached hydrogens (primary N) is 1. The minimum atomic E-state index is -3.71. The van der Waals surface area contributed by atoms with Crippen LogP contribution >= 0.6 is 11.3 Å². The zero-order valence-corrected chi connectivity index (χ0v) is 11.5. The van der Waals surface area contributed by atoms with Crippen molar-refractivity contribution in [3.05, 3.63) is 22.9 Å². The topological polar surface area (TPSA) is 103 Å². The van der Waals surface area contributed by atoms with Crippen molar-refractivity contribution in [2.24, 2.45) is 7.05 Å². The molecule has 18 heavy (non-hydrogen) atoms. The van der Waals surface area contributed by atoms with Crippen LogP contribution < -0.4 is 10.5 Å². The normalized spacial score (nSPS) is 13.7. The average molecular weight is 287 g/mol. The van der Waals surface area contributed by atoms with Gasteiger partial charge in [-0.05, 0) is 6.92 Å². The van der Waals surface area contributed by atoms with E-state index in [2.05, 4.69) is 14.7 Å². The summed E-state index contributed by atoms with van der Waals surface area (Å²) in [6.07, 6.45) is 2.99. The van der Waals surface area contributed by atoms with Crippen LogP contribution in [0.15, 0.2) is 22.9 Å². The van der Waals surface area contributed by atoms with Crippen molar-refractivity contribution in [2.45, 2.75) is 18.0 Å². The second-order valence-corrected chi connectivity index (χ2v) is 6.31. The van der Waals surface area contributed by atoms with Crippen molar-refractivity contribution < 1.29 is 8.42 Å². The largest absolute Gasteiger partial charge is 0.381 e. The Balaban J connectivity index is 2.28. The lowest BCUT2D eigenvalue weighted by molar-refractivity contribution is 0.557. The standard InChI is InChI=1S/C9H13N5O2S2/c1-6(8-11-3-4-17-8)13-18(15,16)9-7(10)12-5-14(9)2/h3-6,13H,10H2,1-2H3. The molecule has 1 atom stereocenters. The molecule has 0 saturated heterocycles. The Bertz CT molecular complexity index is 612. The number of aryl methyl sites for hydroxylation is 1. The number of anilines is 1. The summed E-state index contributed by atoms with van der Waals surface area (Å²) in [5.41, 5.74) is 5.56. The van der Waals surface area contributed by atoms with Gasteiger partial charge in [-0.1, -0.05) is 0 Å². The number of thiazole rings is 1. The number of imidazole rings is 1. The van der Waals surface area contributed by atoms with Gasteiger partial charge in [0.1, 0.15) is 5.01 Å². The van der Waals surface area contributed by atoms with E-state index in [1.54, 1.807) is 25.5 Å². The fourth-order valence-corrected chi connectivity index (χ4v) is 3.72. The van der Waals surface area contributed by atoms with Gasteiger partial charge in [0, 0.05) is 18.6 Å². The van der Waals surface area contributed by atoms with Crippen LogP contribution in [0.25, 0.3) is 0 Å². The van der Waals surface area contributed by atoms with E-state index in [9.17, 15) is 8.42 Å². The molecule has 98 valence electrons. The Morgan fingerprint density at radius 2 is 2.22 bits per heavy atom. The monoisotopic (exact) mass is 287 g/mol. The Morgan fingerprint density at radius 3 is 2.72 bits per heavy atom. The quantitative estimate of drug-likeness (QED) is 0.852. The molecule has 2 aromatic rings.